The van der Waals surface area contributed by atoms with Crippen molar-refractivity contribution in [1.29, 1.82) is 0 Å². The first-order valence-corrected chi connectivity index (χ1v) is 4.48. The Hall–Kier alpha value is -1.83. The number of carbonyl (C=O) groups excluding carboxylic acids is 1. The molecule has 0 fully saturated rings. The Morgan fingerprint density at radius 1 is 1.07 bits per heavy atom. The summed E-state index contributed by atoms with van der Waals surface area (Å²) < 4.78 is 5.16. The second-order valence-electron chi connectivity index (χ2n) is 3.03. The van der Waals surface area contributed by atoms with E-state index in [1.54, 1.807) is 12.1 Å². The number of para-hydroxylation sites is 1. The quantitative estimate of drug-likeness (QED) is 0.523. The second kappa shape index (κ2) is 3.92. The summed E-state index contributed by atoms with van der Waals surface area (Å²) in [6.45, 7) is 0. The summed E-state index contributed by atoms with van der Waals surface area (Å²) >= 11 is 0. The topological polar surface area (TPSA) is 26.3 Å². The van der Waals surface area contributed by atoms with E-state index in [4.69, 9.17) is 4.74 Å². The van der Waals surface area contributed by atoms with Gasteiger partial charge in [-0.05, 0) is 12.1 Å². The third-order valence-corrected chi connectivity index (χ3v) is 1.98. The van der Waals surface area contributed by atoms with Crippen LogP contribution in [-0.2, 0) is 4.79 Å². The lowest BCUT2D eigenvalue weighted by atomic mass is 10.2. The van der Waals surface area contributed by atoms with Gasteiger partial charge in [0, 0.05) is 0 Å². The molecule has 1 aliphatic carbocycles. The molecule has 0 amide bonds. The second-order valence-corrected chi connectivity index (χ2v) is 3.03. The lowest BCUT2D eigenvalue weighted by Crippen LogP contribution is -2.15. The van der Waals surface area contributed by atoms with Gasteiger partial charge in [-0.1, -0.05) is 42.5 Å². The zero-order chi connectivity index (χ0) is 9.80. The van der Waals surface area contributed by atoms with Crippen LogP contribution in [0.5, 0.6) is 5.75 Å². The van der Waals surface area contributed by atoms with Crippen LogP contribution >= 0.6 is 0 Å². The molecule has 0 saturated carbocycles. The maximum absolute atomic E-state index is 11.5. The van der Waals surface area contributed by atoms with Gasteiger partial charge in [0.25, 0.3) is 0 Å². The minimum absolute atomic E-state index is 0.227. The van der Waals surface area contributed by atoms with Gasteiger partial charge in [-0.25, -0.2) is 0 Å². The molecule has 0 heterocycles. The van der Waals surface area contributed by atoms with Crippen molar-refractivity contribution in [2.75, 3.05) is 0 Å². The highest BCUT2D eigenvalue weighted by molar-refractivity contribution is 5.79. The third kappa shape index (κ3) is 1.91. The maximum Gasteiger partial charge on any atom is 0.322 e. The normalized spacial score (nSPS) is 14.6. The van der Waals surface area contributed by atoms with E-state index >= 15 is 0 Å². The van der Waals surface area contributed by atoms with Crippen molar-refractivity contribution in [2.24, 2.45) is 5.92 Å². The van der Waals surface area contributed by atoms with Crippen LogP contribution in [-0.4, -0.2) is 5.97 Å². The first-order valence-electron chi connectivity index (χ1n) is 4.48. The molecule has 2 nitrogen and oxygen atoms in total. The zero-order valence-electron chi connectivity index (χ0n) is 7.59. The van der Waals surface area contributed by atoms with Gasteiger partial charge in [-0.2, -0.15) is 0 Å². The lowest BCUT2D eigenvalue weighted by Gasteiger charge is -2.05. The molecule has 0 unspecified atom stereocenters. The Morgan fingerprint density at radius 3 is 2.36 bits per heavy atom. The van der Waals surface area contributed by atoms with Crippen LogP contribution in [0.15, 0.2) is 54.6 Å². The number of benzene rings is 1. The minimum atomic E-state index is -0.235. The molecule has 1 aliphatic rings. The monoisotopic (exact) mass is 186 g/mol. The van der Waals surface area contributed by atoms with Gasteiger partial charge >= 0.3 is 5.97 Å². The maximum atomic E-state index is 11.5. The molecule has 1 aromatic carbocycles. The van der Waals surface area contributed by atoms with Crippen molar-refractivity contribution in [1.82, 2.24) is 0 Å². The molecular formula is C12H10O2. The summed E-state index contributed by atoms with van der Waals surface area (Å²) in [7, 11) is 0. The zero-order valence-corrected chi connectivity index (χ0v) is 7.59. The molecule has 0 radical (unpaired) electrons. The van der Waals surface area contributed by atoms with Crippen LogP contribution in [0.1, 0.15) is 0 Å². The molecule has 2 rings (SSSR count). The highest BCUT2D eigenvalue weighted by atomic mass is 16.5. The van der Waals surface area contributed by atoms with Crippen molar-refractivity contribution in [2.45, 2.75) is 0 Å². The molecule has 0 aliphatic heterocycles. The fourth-order valence-electron chi connectivity index (χ4n) is 1.26. The van der Waals surface area contributed by atoms with Gasteiger partial charge in [0.2, 0.25) is 0 Å². The number of carbonyl (C=O) groups is 1. The Bertz CT molecular complexity index is 365. The van der Waals surface area contributed by atoms with E-state index in [1.807, 2.05) is 42.5 Å². The largest absolute Gasteiger partial charge is 0.426 e. The molecule has 0 aromatic heterocycles. The van der Waals surface area contributed by atoms with Crippen LogP contribution in [0, 0.1) is 5.92 Å². The summed E-state index contributed by atoms with van der Waals surface area (Å²) in [5.74, 6) is 0.127. The van der Waals surface area contributed by atoms with Gasteiger partial charge in [0.05, 0.1) is 5.92 Å². The van der Waals surface area contributed by atoms with E-state index in [-0.39, 0.29) is 11.9 Å². The Balaban J connectivity index is 2.02. The number of hydrogen-bond acceptors (Lipinski definition) is 2. The van der Waals surface area contributed by atoms with Gasteiger partial charge in [0.1, 0.15) is 5.75 Å². The SMILES string of the molecule is O=C(Oc1ccccc1)C1C=CC=C1. The summed E-state index contributed by atoms with van der Waals surface area (Å²) in [5.41, 5.74) is 0. The smallest absolute Gasteiger partial charge is 0.322 e. The molecule has 2 heteroatoms. The van der Waals surface area contributed by atoms with Crippen molar-refractivity contribution in [3.8, 4) is 5.75 Å². The first-order chi connectivity index (χ1) is 6.86. The Labute approximate surface area is 82.5 Å². The number of esters is 1. The van der Waals surface area contributed by atoms with Gasteiger partial charge in [0.15, 0.2) is 0 Å². The van der Waals surface area contributed by atoms with Crippen LogP contribution in [0.25, 0.3) is 0 Å². The molecular weight excluding hydrogens is 176 g/mol. The van der Waals surface area contributed by atoms with E-state index in [9.17, 15) is 4.79 Å². The summed E-state index contributed by atoms with van der Waals surface area (Å²) in [6.07, 6.45) is 7.31. The average molecular weight is 186 g/mol. The highest BCUT2D eigenvalue weighted by Crippen LogP contribution is 2.15. The van der Waals surface area contributed by atoms with E-state index in [2.05, 4.69) is 0 Å². The molecule has 0 bridgehead atoms. The van der Waals surface area contributed by atoms with Gasteiger partial charge in [-0.15, -0.1) is 0 Å². The minimum Gasteiger partial charge on any atom is -0.426 e. The molecule has 0 N–H and O–H groups in total. The van der Waals surface area contributed by atoms with Crippen molar-refractivity contribution in [3.05, 3.63) is 54.6 Å². The van der Waals surface area contributed by atoms with Crippen molar-refractivity contribution < 1.29 is 9.53 Å². The summed E-state index contributed by atoms with van der Waals surface area (Å²) in [4.78, 5) is 11.5. The molecule has 0 spiro atoms. The van der Waals surface area contributed by atoms with Crippen molar-refractivity contribution in [3.63, 3.8) is 0 Å². The lowest BCUT2D eigenvalue weighted by molar-refractivity contribution is -0.135. The fourth-order valence-corrected chi connectivity index (χ4v) is 1.26. The predicted molar refractivity (Wildman–Crippen MR) is 53.8 cm³/mol. The number of allylic oxidation sites excluding steroid dienone is 2. The molecule has 70 valence electrons. The highest BCUT2D eigenvalue weighted by Gasteiger charge is 2.16. The first kappa shape index (κ1) is 8.75. The van der Waals surface area contributed by atoms with E-state index in [0.717, 1.165) is 0 Å². The van der Waals surface area contributed by atoms with Crippen LogP contribution in [0.4, 0.5) is 0 Å². The van der Waals surface area contributed by atoms with E-state index in [0.29, 0.717) is 5.75 Å². The Morgan fingerprint density at radius 2 is 1.71 bits per heavy atom. The predicted octanol–water partition coefficient (Wildman–Crippen LogP) is 2.33. The third-order valence-electron chi connectivity index (χ3n) is 1.98. The van der Waals surface area contributed by atoms with E-state index in [1.165, 1.54) is 0 Å². The summed E-state index contributed by atoms with van der Waals surface area (Å²) in [5, 5.41) is 0. The van der Waals surface area contributed by atoms with Crippen LogP contribution in [0.2, 0.25) is 0 Å². The van der Waals surface area contributed by atoms with Gasteiger partial charge < -0.3 is 4.74 Å². The Kier molecular flexibility index (Phi) is 2.45. The fraction of sp³-hybridized carbons (Fsp3) is 0.0833. The molecule has 14 heavy (non-hydrogen) atoms. The number of rotatable bonds is 2. The van der Waals surface area contributed by atoms with Crippen molar-refractivity contribution >= 4 is 5.97 Å². The number of ether oxygens (including phenoxy) is 1. The number of hydrogen-bond donors (Lipinski definition) is 0. The summed E-state index contributed by atoms with van der Waals surface area (Å²) in [6, 6.07) is 9.08. The molecule has 0 atom stereocenters. The van der Waals surface area contributed by atoms with Crippen LogP contribution < -0.4 is 4.74 Å². The standard InChI is InChI=1S/C12H10O2/c13-12(10-6-4-5-7-10)14-11-8-2-1-3-9-11/h1-10H. The van der Waals surface area contributed by atoms with Crippen LogP contribution in [0.3, 0.4) is 0 Å². The average Bonchev–Trinajstić information content (AvgIpc) is 2.72. The molecule has 1 aromatic rings. The van der Waals surface area contributed by atoms with E-state index < -0.39 is 0 Å². The molecule has 0 saturated heterocycles. The van der Waals surface area contributed by atoms with Gasteiger partial charge in [-0.3, -0.25) is 4.79 Å².